The van der Waals surface area contributed by atoms with Gasteiger partial charge in [0, 0.05) is 36.5 Å². The van der Waals surface area contributed by atoms with Crippen LogP contribution in [0.2, 0.25) is 0 Å². The second kappa shape index (κ2) is 9.64. The maximum atomic E-state index is 11.0. The number of hydrogen-bond acceptors (Lipinski definition) is 9. The summed E-state index contributed by atoms with van der Waals surface area (Å²) < 4.78 is 7.66. The SMILES string of the molecule is CCc1cc(Sc2nnc(N3CCCC3)n2Cc2ccco2)nc(-c2ccc([N+](=O)[O-])cc2)n1. The molecule has 0 N–H and O–H groups in total. The van der Waals surface area contributed by atoms with Crippen molar-refractivity contribution in [2.24, 2.45) is 0 Å². The summed E-state index contributed by atoms with van der Waals surface area (Å²) >= 11 is 1.42. The minimum Gasteiger partial charge on any atom is -0.467 e. The fourth-order valence-corrected chi connectivity index (χ4v) is 4.72. The molecule has 0 atom stereocenters. The predicted molar refractivity (Wildman–Crippen MR) is 127 cm³/mol. The lowest BCUT2D eigenvalue weighted by molar-refractivity contribution is -0.384. The lowest BCUT2D eigenvalue weighted by Gasteiger charge is -2.17. The molecule has 10 nitrogen and oxygen atoms in total. The molecular formula is C23H23N7O3S. The van der Waals surface area contributed by atoms with E-state index in [1.165, 1.54) is 23.9 Å². The maximum absolute atomic E-state index is 11.0. The summed E-state index contributed by atoms with van der Waals surface area (Å²) in [5.74, 6) is 2.18. The summed E-state index contributed by atoms with van der Waals surface area (Å²) in [5, 5.41) is 21.4. The maximum Gasteiger partial charge on any atom is 0.269 e. The van der Waals surface area contributed by atoms with Crippen LogP contribution >= 0.6 is 11.8 Å². The number of benzene rings is 1. The van der Waals surface area contributed by atoms with Crippen molar-refractivity contribution >= 4 is 23.4 Å². The molecule has 11 heteroatoms. The van der Waals surface area contributed by atoms with Crippen LogP contribution in [-0.4, -0.2) is 42.7 Å². The molecule has 1 saturated heterocycles. The number of rotatable bonds is 8. The number of aromatic nitrogens is 5. The molecule has 1 aliphatic rings. The number of nitro benzene ring substituents is 1. The number of nitro groups is 1. The summed E-state index contributed by atoms with van der Waals surface area (Å²) in [5.41, 5.74) is 1.63. The monoisotopic (exact) mass is 477 g/mol. The molecular weight excluding hydrogens is 454 g/mol. The smallest absolute Gasteiger partial charge is 0.269 e. The molecule has 0 aliphatic carbocycles. The Hall–Kier alpha value is -3.73. The standard InChI is InChI=1S/C23H23N7O3S/c1-2-17-14-20(25-21(24-17)16-7-9-18(10-8-16)30(31)32)34-23-27-26-22(28-11-3-4-12-28)29(23)15-19-6-5-13-33-19/h5-10,13-14H,2-4,11-12,15H2,1H3. The first-order chi connectivity index (χ1) is 16.6. The highest BCUT2D eigenvalue weighted by Crippen LogP contribution is 2.31. The van der Waals surface area contributed by atoms with E-state index in [-0.39, 0.29) is 5.69 Å². The van der Waals surface area contributed by atoms with Crippen LogP contribution in [0.3, 0.4) is 0 Å². The molecule has 1 aromatic carbocycles. The molecule has 4 heterocycles. The second-order valence-electron chi connectivity index (χ2n) is 7.92. The van der Waals surface area contributed by atoms with Crippen LogP contribution in [0, 0.1) is 10.1 Å². The fraction of sp³-hybridized carbons (Fsp3) is 0.304. The van der Waals surface area contributed by atoms with Crippen LogP contribution in [0.15, 0.2) is 63.3 Å². The Balaban J connectivity index is 1.49. The Morgan fingerprint density at radius 3 is 2.59 bits per heavy atom. The molecule has 34 heavy (non-hydrogen) atoms. The fourth-order valence-electron chi connectivity index (χ4n) is 3.87. The van der Waals surface area contributed by atoms with E-state index in [0.29, 0.717) is 17.5 Å². The minimum atomic E-state index is -0.418. The zero-order valence-electron chi connectivity index (χ0n) is 18.6. The normalized spacial score (nSPS) is 13.5. The Morgan fingerprint density at radius 2 is 1.91 bits per heavy atom. The molecule has 4 aromatic rings. The summed E-state index contributed by atoms with van der Waals surface area (Å²) in [4.78, 5) is 22.2. The zero-order valence-corrected chi connectivity index (χ0v) is 19.4. The van der Waals surface area contributed by atoms with E-state index in [1.54, 1.807) is 18.4 Å². The Labute approximate surface area is 200 Å². The molecule has 0 spiro atoms. The molecule has 174 valence electrons. The van der Waals surface area contributed by atoms with Gasteiger partial charge >= 0.3 is 0 Å². The van der Waals surface area contributed by atoms with Gasteiger partial charge in [-0.3, -0.25) is 14.7 Å². The van der Waals surface area contributed by atoms with Crippen LogP contribution < -0.4 is 4.90 Å². The molecule has 1 aliphatic heterocycles. The van der Waals surface area contributed by atoms with Gasteiger partial charge in [0.1, 0.15) is 10.8 Å². The van der Waals surface area contributed by atoms with Crippen molar-refractivity contribution in [2.75, 3.05) is 18.0 Å². The van der Waals surface area contributed by atoms with Crippen LogP contribution in [0.1, 0.15) is 31.2 Å². The van der Waals surface area contributed by atoms with Crippen molar-refractivity contribution in [2.45, 2.75) is 42.9 Å². The largest absolute Gasteiger partial charge is 0.467 e. The average Bonchev–Trinajstić information content (AvgIpc) is 3.63. The summed E-state index contributed by atoms with van der Waals surface area (Å²) in [6.45, 7) is 4.47. The molecule has 5 rings (SSSR count). The lowest BCUT2D eigenvalue weighted by atomic mass is 10.2. The number of non-ortho nitro benzene ring substituents is 1. The number of furan rings is 1. The van der Waals surface area contributed by atoms with Crippen LogP contribution in [0.4, 0.5) is 11.6 Å². The van der Waals surface area contributed by atoms with Gasteiger partial charge in [0.2, 0.25) is 5.95 Å². The molecule has 0 amide bonds. The van der Waals surface area contributed by atoms with Crippen LogP contribution in [0.25, 0.3) is 11.4 Å². The summed E-state index contributed by atoms with van der Waals surface area (Å²) in [6.07, 6.45) is 4.67. The minimum absolute atomic E-state index is 0.0328. The van der Waals surface area contributed by atoms with Crippen LogP contribution in [-0.2, 0) is 13.0 Å². The molecule has 3 aromatic heterocycles. The first kappa shape index (κ1) is 22.1. The molecule has 0 radical (unpaired) electrons. The highest BCUT2D eigenvalue weighted by Gasteiger charge is 2.23. The number of aryl methyl sites for hydroxylation is 1. The first-order valence-corrected chi connectivity index (χ1v) is 11.9. The van der Waals surface area contributed by atoms with Crippen molar-refractivity contribution in [1.29, 1.82) is 0 Å². The van der Waals surface area contributed by atoms with E-state index in [1.807, 2.05) is 25.1 Å². The van der Waals surface area contributed by atoms with Gasteiger partial charge in [0.15, 0.2) is 11.0 Å². The molecule has 0 saturated carbocycles. The lowest BCUT2D eigenvalue weighted by Crippen LogP contribution is -2.22. The van der Waals surface area contributed by atoms with E-state index in [2.05, 4.69) is 24.6 Å². The van der Waals surface area contributed by atoms with E-state index in [4.69, 9.17) is 9.40 Å². The topological polar surface area (TPSA) is 116 Å². The Bertz CT molecular complexity index is 1280. The van der Waals surface area contributed by atoms with Crippen LogP contribution in [0.5, 0.6) is 0 Å². The van der Waals surface area contributed by atoms with Gasteiger partial charge < -0.3 is 9.32 Å². The van der Waals surface area contributed by atoms with Gasteiger partial charge in [-0.25, -0.2) is 9.97 Å². The zero-order chi connectivity index (χ0) is 23.5. The van der Waals surface area contributed by atoms with Gasteiger partial charge in [-0.1, -0.05) is 6.92 Å². The molecule has 0 bridgehead atoms. The Kier molecular flexibility index (Phi) is 6.26. The van der Waals surface area contributed by atoms with Gasteiger partial charge in [-0.2, -0.15) is 0 Å². The van der Waals surface area contributed by atoms with Gasteiger partial charge in [0.25, 0.3) is 5.69 Å². The molecule has 1 fully saturated rings. The number of hydrogen-bond donors (Lipinski definition) is 0. The Morgan fingerprint density at radius 1 is 1.12 bits per heavy atom. The highest BCUT2D eigenvalue weighted by molar-refractivity contribution is 7.99. The van der Waals surface area contributed by atoms with E-state index in [0.717, 1.165) is 60.3 Å². The molecule has 0 unspecified atom stereocenters. The van der Waals surface area contributed by atoms with Gasteiger partial charge in [0.05, 0.1) is 17.7 Å². The van der Waals surface area contributed by atoms with Crippen molar-refractivity contribution in [1.82, 2.24) is 24.7 Å². The van der Waals surface area contributed by atoms with Gasteiger partial charge in [-0.15, -0.1) is 10.2 Å². The van der Waals surface area contributed by atoms with E-state index < -0.39 is 4.92 Å². The van der Waals surface area contributed by atoms with Crippen molar-refractivity contribution in [3.05, 3.63) is 70.3 Å². The highest BCUT2D eigenvalue weighted by atomic mass is 32.2. The van der Waals surface area contributed by atoms with Crippen molar-refractivity contribution < 1.29 is 9.34 Å². The van der Waals surface area contributed by atoms with E-state index in [9.17, 15) is 10.1 Å². The number of anilines is 1. The number of nitrogens with zero attached hydrogens (tertiary/aromatic N) is 7. The second-order valence-corrected chi connectivity index (χ2v) is 8.91. The van der Waals surface area contributed by atoms with E-state index >= 15 is 0 Å². The summed E-state index contributed by atoms with van der Waals surface area (Å²) in [6, 6.07) is 12.0. The van der Waals surface area contributed by atoms with Crippen molar-refractivity contribution in [3.63, 3.8) is 0 Å². The summed E-state index contributed by atoms with van der Waals surface area (Å²) in [7, 11) is 0. The third kappa shape index (κ3) is 4.65. The average molecular weight is 478 g/mol. The third-order valence-electron chi connectivity index (χ3n) is 5.63. The van der Waals surface area contributed by atoms with Gasteiger partial charge in [-0.05, 0) is 61.4 Å². The third-order valence-corrected chi connectivity index (χ3v) is 6.53. The predicted octanol–water partition coefficient (Wildman–Crippen LogP) is 4.60. The quantitative estimate of drug-likeness (QED) is 0.204. The first-order valence-electron chi connectivity index (χ1n) is 11.1. The van der Waals surface area contributed by atoms with Crippen molar-refractivity contribution in [3.8, 4) is 11.4 Å².